The molecule has 0 atom stereocenters. The van der Waals surface area contributed by atoms with Crippen LogP contribution < -0.4 is 5.73 Å². The largest absolute Gasteiger partial charge is 0.429 e. The van der Waals surface area contributed by atoms with Gasteiger partial charge >= 0.3 is 0 Å². The minimum absolute atomic E-state index is 0.251. The van der Waals surface area contributed by atoms with Crippen LogP contribution in [0, 0.1) is 0 Å². The van der Waals surface area contributed by atoms with Gasteiger partial charge in [-0.15, -0.1) is 11.3 Å². The SMILES string of the molecule is Nc1ncc(CCc2cccs2)o1. The van der Waals surface area contributed by atoms with E-state index in [-0.39, 0.29) is 6.01 Å². The number of nitrogen functional groups attached to an aromatic ring is 1. The third kappa shape index (κ3) is 2.09. The topological polar surface area (TPSA) is 52.0 Å². The first-order valence-electron chi connectivity index (χ1n) is 4.07. The average Bonchev–Trinajstić information content (AvgIpc) is 2.71. The monoisotopic (exact) mass is 194 g/mol. The van der Waals surface area contributed by atoms with Crippen LogP contribution in [0.15, 0.2) is 28.1 Å². The van der Waals surface area contributed by atoms with Crippen molar-refractivity contribution in [3.8, 4) is 0 Å². The predicted molar refractivity (Wildman–Crippen MR) is 52.6 cm³/mol. The van der Waals surface area contributed by atoms with E-state index >= 15 is 0 Å². The number of aromatic nitrogens is 1. The van der Waals surface area contributed by atoms with Crippen molar-refractivity contribution in [3.63, 3.8) is 0 Å². The number of rotatable bonds is 3. The van der Waals surface area contributed by atoms with Gasteiger partial charge in [-0.3, -0.25) is 0 Å². The molecule has 4 heteroatoms. The molecule has 0 bridgehead atoms. The summed E-state index contributed by atoms with van der Waals surface area (Å²) in [5, 5.41) is 2.07. The number of thiophene rings is 1. The van der Waals surface area contributed by atoms with Crippen LogP contribution in [0.2, 0.25) is 0 Å². The van der Waals surface area contributed by atoms with E-state index < -0.39 is 0 Å². The second-order valence-corrected chi connectivity index (χ2v) is 3.78. The molecule has 0 aliphatic rings. The summed E-state index contributed by atoms with van der Waals surface area (Å²) < 4.78 is 5.15. The Labute approximate surface area is 80.2 Å². The molecule has 2 heterocycles. The van der Waals surface area contributed by atoms with Crippen LogP contribution in [0.4, 0.5) is 6.01 Å². The van der Waals surface area contributed by atoms with Gasteiger partial charge in [0.1, 0.15) is 5.76 Å². The van der Waals surface area contributed by atoms with Gasteiger partial charge in [0, 0.05) is 11.3 Å². The quantitative estimate of drug-likeness (QED) is 0.814. The number of hydrogen-bond donors (Lipinski definition) is 1. The minimum atomic E-state index is 0.251. The molecule has 2 rings (SSSR count). The molecule has 0 spiro atoms. The van der Waals surface area contributed by atoms with Crippen LogP contribution in [-0.2, 0) is 12.8 Å². The van der Waals surface area contributed by atoms with Gasteiger partial charge in [-0.2, -0.15) is 0 Å². The zero-order valence-corrected chi connectivity index (χ0v) is 7.88. The van der Waals surface area contributed by atoms with Gasteiger partial charge in [0.05, 0.1) is 6.20 Å². The Balaban J connectivity index is 1.93. The summed E-state index contributed by atoms with van der Waals surface area (Å²) in [6, 6.07) is 4.42. The van der Waals surface area contributed by atoms with Crippen LogP contribution in [0.25, 0.3) is 0 Å². The lowest BCUT2D eigenvalue weighted by Crippen LogP contribution is -1.85. The molecule has 0 fully saturated rings. The second-order valence-electron chi connectivity index (χ2n) is 2.74. The van der Waals surface area contributed by atoms with Crippen molar-refractivity contribution >= 4 is 17.4 Å². The lowest BCUT2D eigenvalue weighted by Gasteiger charge is -1.92. The molecule has 0 saturated carbocycles. The third-order valence-electron chi connectivity index (χ3n) is 1.77. The molecule has 0 aromatic carbocycles. The molecule has 2 aromatic rings. The molecule has 0 radical (unpaired) electrons. The van der Waals surface area contributed by atoms with Crippen LogP contribution in [0.3, 0.4) is 0 Å². The molecular formula is C9H10N2OS. The van der Waals surface area contributed by atoms with Crippen LogP contribution in [0.1, 0.15) is 10.6 Å². The smallest absolute Gasteiger partial charge is 0.292 e. The fourth-order valence-electron chi connectivity index (χ4n) is 1.14. The standard InChI is InChI=1S/C9H10N2OS/c10-9-11-6-7(12-9)3-4-8-2-1-5-13-8/h1-2,5-6H,3-4H2,(H2,10,11). The van der Waals surface area contributed by atoms with E-state index in [0.717, 1.165) is 18.6 Å². The van der Waals surface area contributed by atoms with Gasteiger partial charge in [-0.1, -0.05) is 6.07 Å². The van der Waals surface area contributed by atoms with E-state index in [0.29, 0.717) is 0 Å². The average molecular weight is 194 g/mol. The maximum atomic E-state index is 5.35. The highest BCUT2D eigenvalue weighted by atomic mass is 32.1. The Morgan fingerprint density at radius 3 is 3.00 bits per heavy atom. The van der Waals surface area contributed by atoms with Gasteiger partial charge in [-0.25, -0.2) is 4.98 Å². The molecule has 0 unspecified atom stereocenters. The van der Waals surface area contributed by atoms with Crippen molar-refractivity contribution in [2.75, 3.05) is 5.73 Å². The number of aryl methyl sites for hydroxylation is 2. The van der Waals surface area contributed by atoms with E-state index in [9.17, 15) is 0 Å². The summed E-state index contributed by atoms with van der Waals surface area (Å²) in [4.78, 5) is 5.19. The lowest BCUT2D eigenvalue weighted by atomic mass is 10.2. The lowest BCUT2D eigenvalue weighted by molar-refractivity contribution is 0.522. The van der Waals surface area contributed by atoms with Crippen molar-refractivity contribution in [2.24, 2.45) is 0 Å². The van der Waals surface area contributed by atoms with Gasteiger partial charge < -0.3 is 10.2 Å². The van der Waals surface area contributed by atoms with E-state index in [1.165, 1.54) is 4.88 Å². The van der Waals surface area contributed by atoms with Gasteiger partial charge in [0.2, 0.25) is 0 Å². The van der Waals surface area contributed by atoms with Crippen LogP contribution in [0.5, 0.6) is 0 Å². The van der Waals surface area contributed by atoms with Crippen molar-refractivity contribution in [1.82, 2.24) is 4.98 Å². The summed E-state index contributed by atoms with van der Waals surface area (Å²) in [6.07, 6.45) is 3.54. The second kappa shape index (κ2) is 3.62. The van der Waals surface area contributed by atoms with Crippen molar-refractivity contribution in [1.29, 1.82) is 0 Å². The molecule has 13 heavy (non-hydrogen) atoms. The molecule has 0 aliphatic heterocycles. The Morgan fingerprint density at radius 2 is 2.38 bits per heavy atom. The minimum Gasteiger partial charge on any atom is -0.429 e. The molecule has 2 aromatic heterocycles. The number of nitrogens with zero attached hydrogens (tertiary/aromatic N) is 1. The number of hydrogen-bond acceptors (Lipinski definition) is 4. The van der Waals surface area contributed by atoms with Crippen LogP contribution >= 0.6 is 11.3 Å². The Bertz CT molecular complexity index is 367. The Kier molecular flexibility index (Phi) is 2.31. The van der Waals surface area contributed by atoms with Gasteiger partial charge in [0.15, 0.2) is 0 Å². The fourth-order valence-corrected chi connectivity index (χ4v) is 1.85. The molecule has 68 valence electrons. The van der Waals surface area contributed by atoms with Gasteiger partial charge in [0.25, 0.3) is 6.01 Å². The zero-order valence-electron chi connectivity index (χ0n) is 7.06. The molecule has 2 N–H and O–H groups in total. The van der Waals surface area contributed by atoms with E-state index in [1.54, 1.807) is 17.5 Å². The predicted octanol–water partition coefficient (Wildman–Crippen LogP) is 2.10. The summed E-state index contributed by atoms with van der Waals surface area (Å²) in [7, 11) is 0. The zero-order chi connectivity index (χ0) is 9.10. The number of anilines is 1. The third-order valence-corrected chi connectivity index (χ3v) is 2.71. The van der Waals surface area contributed by atoms with E-state index in [1.807, 2.05) is 0 Å². The fraction of sp³-hybridized carbons (Fsp3) is 0.222. The summed E-state index contributed by atoms with van der Waals surface area (Å²) in [5.74, 6) is 0.853. The maximum Gasteiger partial charge on any atom is 0.292 e. The van der Waals surface area contributed by atoms with Crippen molar-refractivity contribution < 1.29 is 4.42 Å². The first-order chi connectivity index (χ1) is 6.34. The molecule has 0 aliphatic carbocycles. The molecule has 3 nitrogen and oxygen atoms in total. The van der Waals surface area contributed by atoms with E-state index in [4.69, 9.17) is 10.2 Å². The molecule has 0 amide bonds. The Morgan fingerprint density at radius 1 is 1.46 bits per heavy atom. The van der Waals surface area contributed by atoms with Gasteiger partial charge in [-0.05, 0) is 17.9 Å². The summed E-state index contributed by atoms with van der Waals surface area (Å²) in [5.41, 5.74) is 5.35. The Hall–Kier alpha value is -1.29. The summed E-state index contributed by atoms with van der Waals surface area (Å²) in [6.45, 7) is 0. The molecule has 0 saturated heterocycles. The highest BCUT2D eigenvalue weighted by Crippen LogP contribution is 2.13. The normalized spacial score (nSPS) is 10.5. The van der Waals surface area contributed by atoms with E-state index in [2.05, 4.69) is 22.5 Å². The number of oxazole rings is 1. The van der Waals surface area contributed by atoms with Crippen LogP contribution in [-0.4, -0.2) is 4.98 Å². The van der Waals surface area contributed by atoms with Crippen molar-refractivity contribution in [3.05, 3.63) is 34.3 Å². The maximum absolute atomic E-state index is 5.35. The first-order valence-corrected chi connectivity index (χ1v) is 4.95. The first kappa shape index (κ1) is 8.31. The summed E-state index contributed by atoms with van der Waals surface area (Å²) >= 11 is 1.76. The van der Waals surface area contributed by atoms with Crippen molar-refractivity contribution in [2.45, 2.75) is 12.8 Å². The highest BCUT2D eigenvalue weighted by molar-refractivity contribution is 7.09. The number of nitrogens with two attached hydrogens (primary N) is 1. The highest BCUT2D eigenvalue weighted by Gasteiger charge is 2.01. The molecular weight excluding hydrogens is 184 g/mol.